The number of benzene rings is 1. The molecular weight excluding hydrogens is 475 g/mol. The fourth-order valence-corrected chi connectivity index (χ4v) is 4.52. The minimum absolute atomic E-state index is 0.0428. The van der Waals surface area contributed by atoms with Gasteiger partial charge in [0.15, 0.2) is 22.9 Å². The average molecular weight is 499 g/mol. The number of alkyl halides is 1. The summed E-state index contributed by atoms with van der Waals surface area (Å²) in [4.78, 5) is 26.6. The van der Waals surface area contributed by atoms with Gasteiger partial charge in [-0.3, -0.25) is 0 Å². The minimum Gasteiger partial charge on any atom is -0.476 e. The molecule has 11 heteroatoms. The van der Waals surface area contributed by atoms with Crippen LogP contribution < -0.4 is 10.2 Å². The van der Waals surface area contributed by atoms with Crippen LogP contribution in [-0.4, -0.2) is 58.5 Å². The standard InChI is InChI=1S/C24H24ClFN6O3/c1-13-8-15(14(2)28-16-4-5-19(25)30-21(16)23(33)34)20-17(9-13)29-18(10-27)22(31-20)32-7-6-24(26,11-32)12-35-3/h4-5,8-9,14,28H,6-7,11-12H2,1-3H3,(H,33,34)/t14-,24+/m1/s1. The average Bonchev–Trinajstić information content (AvgIpc) is 3.20. The molecule has 1 aromatic carbocycles. The number of aryl methyl sites for hydroxylation is 1. The van der Waals surface area contributed by atoms with Crippen LogP contribution in [0.2, 0.25) is 5.15 Å². The zero-order valence-electron chi connectivity index (χ0n) is 19.5. The second-order valence-electron chi connectivity index (χ2n) is 8.69. The monoisotopic (exact) mass is 498 g/mol. The van der Waals surface area contributed by atoms with Gasteiger partial charge in [0.25, 0.3) is 0 Å². The van der Waals surface area contributed by atoms with E-state index >= 15 is 4.39 Å². The summed E-state index contributed by atoms with van der Waals surface area (Å²) in [6.45, 7) is 4.13. The van der Waals surface area contributed by atoms with Crippen LogP contribution in [0.1, 0.15) is 46.7 Å². The first-order chi connectivity index (χ1) is 16.6. The molecule has 1 fully saturated rings. The van der Waals surface area contributed by atoms with E-state index in [1.54, 1.807) is 11.0 Å². The number of methoxy groups -OCH3 is 1. The van der Waals surface area contributed by atoms with E-state index in [0.29, 0.717) is 29.1 Å². The van der Waals surface area contributed by atoms with Gasteiger partial charge in [-0.05, 0) is 37.6 Å². The highest BCUT2D eigenvalue weighted by Crippen LogP contribution is 2.34. The second kappa shape index (κ2) is 9.60. The number of nitrogens with one attached hydrogen (secondary N) is 1. The molecule has 3 aromatic rings. The molecule has 1 aliphatic rings. The van der Waals surface area contributed by atoms with Gasteiger partial charge in [0, 0.05) is 25.6 Å². The molecule has 0 unspecified atom stereocenters. The lowest BCUT2D eigenvalue weighted by Crippen LogP contribution is -2.34. The molecule has 0 radical (unpaired) electrons. The minimum atomic E-state index is -1.53. The van der Waals surface area contributed by atoms with E-state index in [4.69, 9.17) is 21.3 Å². The summed E-state index contributed by atoms with van der Waals surface area (Å²) in [6, 6.07) is 8.49. The maximum atomic E-state index is 15.1. The molecule has 2 atom stereocenters. The molecule has 9 nitrogen and oxygen atoms in total. The number of ether oxygens (including phenoxy) is 1. The number of halogens is 2. The molecule has 182 valence electrons. The van der Waals surface area contributed by atoms with E-state index in [1.165, 1.54) is 13.2 Å². The van der Waals surface area contributed by atoms with Crippen molar-refractivity contribution >= 4 is 40.1 Å². The van der Waals surface area contributed by atoms with Gasteiger partial charge in [0.05, 0.1) is 35.9 Å². The number of anilines is 2. The van der Waals surface area contributed by atoms with Crippen molar-refractivity contribution in [3.05, 3.63) is 51.9 Å². The second-order valence-corrected chi connectivity index (χ2v) is 9.07. The van der Waals surface area contributed by atoms with Crippen LogP contribution >= 0.6 is 11.6 Å². The van der Waals surface area contributed by atoms with Crippen molar-refractivity contribution in [2.75, 3.05) is 37.0 Å². The first kappa shape index (κ1) is 24.6. The number of carboxylic acid groups (broad SMARTS) is 1. The third-order valence-corrected chi connectivity index (χ3v) is 6.15. The fourth-order valence-electron chi connectivity index (χ4n) is 4.37. The van der Waals surface area contributed by atoms with Crippen LogP contribution in [0.25, 0.3) is 11.0 Å². The van der Waals surface area contributed by atoms with Crippen molar-refractivity contribution in [1.82, 2.24) is 15.0 Å². The number of carboxylic acids is 1. The van der Waals surface area contributed by atoms with Crippen LogP contribution in [0.4, 0.5) is 15.9 Å². The molecule has 0 saturated carbocycles. The number of pyridine rings is 1. The summed E-state index contributed by atoms with van der Waals surface area (Å²) < 4.78 is 20.1. The fraction of sp³-hybridized carbons (Fsp3) is 0.375. The summed E-state index contributed by atoms with van der Waals surface area (Å²) in [7, 11) is 1.45. The van der Waals surface area contributed by atoms with Gasteiger partial charge < -0.3 is 20.1 Å². The normalized spacial score (nSPS) is 18.5. The van der Waals surface area contributed by atoms with E-state index in [-0.39, 0.29) is 36.1 Å². The summed E-state index contributed by atoms with van der Waals surface area (Å²) in [5.74, 6) is -0.899. The molecular formula is C24H24ClFN6O3. The van der Waals surface area contributed by atoms with Crippen molar-refractivity contribution in [3.8, 4) is 6.07 Å². The molecule has 4 rings (SSSR count). The van der Waals surface area contributed by atoms with Gasteiger partial charge >= 0.3 is 5.97 Å². The predicted molar refractivity (Wildman–Crippen MR) is 130 cm³/mol. The molecule has 0 aliphatic carbocycles. The Bertz CT molecular complexity index is 1350. The molecule has 0 spiro atoms. The Morgan fingerprint density at radius 2 is 2.17 bits per heavy atom. The number of rotatable bonds is 7. The number of hydrogen-bond donors (Lipinski definition) is 2. The number of nitrogens with zero attached hydrogens (tertiary/aromatic N) is 5. The number of aromatic carboxylic acids is 1. The highest BCUT2D eigenvalue weighted by atomic mass is 35.5. The zero-order chi connectivity index (χ0) is 25.3. The Hall–Kier alpha value is -3.55. The van der Waals surface area contributed by atoms with Gasteiger partial charge in [-0.15, -0.1) is 0 Å². The van der Waals surface area contributed by atoms with Crippen LogP contribution in [0, 0.1) is 18.3 Å². The van der Waals surface area contributed by atoms with Crippen LogP contribution in [0.15, 0.2) is 24.3 Å². The molecule has 0 bridgehead atoms. The van der Waals surface area contributed by atoms with Crippen molar-refractivity contribution in [3.63, 3.8) is 0 Å². The smallest absolute Gasteiger partial charge is 0.356 e. The van der Waals surface area contributed by atoms with Crippen molar-refractivity contribution in [1.29, 1.82) is 5.26 Å². The van der Waals surface area contributed by atoms with Gasteiger partial charge in [-0.2, -0.15) is 5.26 Å². The predicted octanol–water partition coefficient (Wildman–Crippen LogP) is 4.29. The molecule has 35 heavy (non-hydrogen) atoms. The molecule has 2 N–H and O–H groups in total. The lowest BCUT2D eigenvalue weighted by Gasteiger charge is -2.23. The van der Waals surface area contributed by atoms with Gasteiger partial charge in [0.2, 0.25) is 0 Å². The SMILES string of the molecule is COC[C@]1(F)CCN(c2nc3c([C@@H](C)Nc4ccc(Cl)nc4C(=O)O)cc(C)cc3nc2C#N)C1. The first-order valence-corrected chi connectivity index (χ1v) is 11.3. The van der Waals surface area contributed by atoms with E-state index in [1.807, 2.05) is 26.0 Å². The van der Waals surface area contributed by atoms with E-state index in [0.717, 1.165) is 11.1 Å². The molecule has 1 aliphatic heterocycles. The Morgan fingerprint density at radius 3 is 2.86 bits per heavy atom. The number of aromatic nitrogens is 3. The lowest BCUT2D eigenvalue weighted by atomic mass is 10.0. The van der Waals surface area contributed by atoms with Gasteiger partial charge in [0.1, 0.15) is 11.2 Å². The Balaban J connectivity index is 1.77. The summed E-state index contributed by atoms with van der Waals surface area (Å²) in [5.41, 5.74) is 1.37. The Morgan fingerprint density at radius 1 is 1.40 bits per heavy atom. The molecule has 3 heterocycles. The zero-order valence-corrected chi connectivity index (χ0v) is 20.2. The lowest BCUT2D eigenvalue weighted by molar-refractivity contribution is 0.0570. The number of hydrogen-bond acceptors (Lipinski definition) is 8. The first-order valence-electron chi connectivity index (χ1n) is 11.0. The Kier molecular flexibility index (Phi) is 6.74. The van der Waals surface area contributed by atoms with E-state index in [9.17, 15) is 15.2 Å². The molecule has 1 saturated heterocycles. The van der Waals surface area contributed by atoms with E-state index in [2.05, 4.69) is 21.4 Å². The highest BCUT2D eigenvalue weighted by molar-refractivity contribution is 6.29. The summed E-state index contributed by atoms with van der Waals surface area (Å²) in [5, 5.41) is 22.5. The quantitative estimate of drug-likeness (QED) is 0.459. The third-order valence-electron chi connectivity index (χ3n) is 5.94. The maximum absolute atomic E-state index is 15.1. The summed E-state index contributed by atoms with van der Waals surface area (Å²) >= 11 is 5.88. The van der Waals surface area contributed by atoms with Gasteiger partial charge in [-0.1, -0.05) is 17.7 Å². The largest absolute Gasteiger partial charge is 0.476 e. The topological polar surface area (TPSA) is 124 Å². The third kappa shape index (κ3) is 4.97. The van der Waals surface area contributed by atoms with Crippen molar-refractivity contribution in [2.45, 2.75) is 32.0 Å². The number of nitriles is 1. The Labute approximate surface area is 206 Å². The summed E-state index contributed by atoms with van der Waals surface area (Å²) in [6.07, 6.45) is 0.256. The van der Waals surface area contributed by atoms with Crippen LogP contribution in [0.5, 0.6) is 0 Å². The van der Waals surface area contributed by atoms with Crippen molar-refractivity contribution in [2.24, 2.45) is 0 Å². The van der Waals surface area contributed by atoms with Crippen LogP contribution in [-0.2, 0) is 4.74 Å². The highest BCUT2D eigenvalue weighted by Gasteiger charge is 2.40. The van der Waals surface area contributed by atoms with Gasteiger partial charge in [-0.25, -0.2) is 24.1 Å². The van der Waals surface area contributed by atoms with Crippen LogP contribution in [0.3, 0.4) is 0 Å². The van der Waals surface area contributed by atoms with E-state index < -0.39 is 17.7 Å². The van der Waals surface area contributed by atoms with Crippen molar-refractivity contribution < 1.29 is 19.0 Å². The number of fused-ring (bicyclic) bond motifs is 1. The maximum Gasteiger partial charge on any atom is 0.356 e. The molecule has 2 aromatic heterocycles. The number of carbonyl (C=O) groups is 1. The molecule has 0 amide bonds.